The van der Waals surface area contributed by atoms with Crippen LogP contribution in [0.5, 0.6) is 17.2 Å². The number of rotatable bonds is 4. The van der Waals surface area contributed by atoms with Crippen LogP contribution in [-0.4, -0.2) is 25.2 Å². The van der Waals surface area contributed by atoms with Crippen LogP contribution in [0.15, 0.2) is 42.5 Å². The Morgan fingerprint density at radius 1 is 1.04 bits per heavy atom. The van der Waals surface area contributed by atoms with Crippen LogP contribution in [0.1, 0.15) is 27.6 Å². The van der Waals surface area contributed by atoms with E-state index < -0.39 is 11.8 Å². The van der Waals surface area contributed by atoms with E-state index in [0.29, 0.717) is 35.0 Å². The van der Waals surface area contributed by atoms with Crippen molar-refractivity contribution in [3.63, 3.8) is 0 Å². The Morgan fingerprint density at radius 2 is 1.79 bits per heavy atom. The van der Waals surface area contributed by atoms with Crippen molar-refractivity contribution in [1.82, 2.24) is 10.9 Å². The Morgan fingerprint density at radius 3 is 2.62 bits per heavy atom. The summed E-state index contributed by atoms with van der Waals surface area (Å²) in [6.45, 7) is 2.40. The van der Waals surface area contributed by atoms with Crippen LogP contribution in [0, 0.1) is 0 Å². The molecule has 0 saturated heterocycles. The van der Waals surface area contributed by atoms with Crippen molar-refractivity contribution in [3.05, 3.63) is 53.6 Å². The predicted octanol–water partition coefficient (Wildman–Crippen LogP) is 1.89. The molecule has 2 amide bonds. The second-order valence-corrected chi connectivity index (χ2v) is 4.91. The van der Waals surface area contributed by atoms with Crippen molar-refractivity contribution >= 4 is 11.8 Å². The van der Waals surface area contributed by atoms with Crippen LogP contribution in [0.25, 0.3) is 0 Å². The first kappa shape index (κ1) is 15.7. The molecule has 0 unspecified atom stereocenters. The van der Waals surface area contributed by atoms with Gasteiger partial charge in [-0.15, -0.1) is 0 Å². The summed E-state index contributed by atoms with van der Waals surface area (Å²) in [5.41, 5.74) is 5.42. The maximum atomic E-state index is 12.2. The summed E-state index contributed by atoms with van der Waals surface area (Å²) in [5, 5.41) is 0. The summed E-state index contributed by atoms with van der Waals surface area (Å²) in [6.07, 6.45) is 0. The second-order valence-electron chi connectivity index (χ2n) is 4.91. The number of benzene rings is 2. The Labute approximate surface area is 138 Å². The highest BCUT2D eigenvalue weighted by atomic mass is 16.7. The summed E-state index contributed by atoms with van der Waals surface area (Å²) in [6, 6.07) is 11.6. The number of fused-ring (bicyclic) bond motifs is 1. The van der Waals surface area contributed by atoms with Crippen molar-refractivity contribution in [1.29, 1.82) is 0 Å². The molecule has 0 fully saturated rings. The Kier molecular flexibility index (Phi) is 4.51. The summed E-state index contributed by atoms with van der Waals surface area (Å²) in [7, 11) is 0. The van der Waals surface area contributed by atoms with Gasteiger partial charge in [-0.3, -0.25) is 20.4 Å². The van der Waals surface area contributed by atoms with E-state index in [1.165, 1.54) is 0 Å². The van der Waals surface area contributed by atoms with Gasteiger partial charge >= 0.3 is 0 Å². The van der Waals surface area contributed by atoms with E-state index in [9.17, 15) is 9.59 Å². The number of hydrogen-bond donors (Lipinski definition) is 2. The minimum absolute atomic E-state index is 0.130. The van der Waals surface area contributed by atoms with Gasteiger partial charge in [-0.2, -0.15) is 0 Å². The molecule has 7 nitrogen and oxygen atoms in total. The number of hydrazine groups is 1. The largest absolute Gasteiger partial charge is 0.493 e. The predicted molar refractivity (Wildman–Crippen MR) is 85.1 cm³/mol. The topological polar surface area (TPSA) is 85.9 Å². The van der Waals surface area contributed by atoms with E-state index in [0.717, 1.165) is 0 Å². The van der Waals surface area contributed by atoms with Crippen molar-refractivity contribution in [2.75, 3.05) is 13.4 Å². The third kappa shape index (κ3) is 3.24. The summed E-state index contributed by atoms with van der Waals surface area (Å²) < 4.78 is 15.8. The van der Waals surface area contributed by atoms with Crippen LogP contribution in [0.2, 0.25) is 0 Å². The molecule has 2 aromatic rings. The Bertz CT molecular complexity index is 775. The summed E-state index contributed by atoms with van der Waals surface area (Å²) in [4.78, 5) is 24.4. The van der Waals surface area contributed by atoms with Crippen LogP contribution in [0.3, 0.4) is 0 Å². The highest BCUT2D eigenvalue weighted by Gasteiger charge is 2.17. The summed E-state index contributed by atoms with van der Waals surface area (Å²) >= 11 is 0. The average Bonchev–Trinajstić information content (AvgIpc) is 3.08. The zero-order valence-electron chi connectivity index (χ0n) is 13.0. The van der Waals surface area contributed by atoms with Gasteiger partial charge in [0.2, 0.25) is 6.79 Å². The van der Waals surface area contributed by atoms with Gasteiger partial charge in [-0.1, -0.05) is 12.1 Å². The molecule has 0 aliphatic carbocycles. The highest BCUT2D eigenvalue weighted by Crippen LogP contribution is 2.32. The molecule has 1 heterocycles. The van der Waals surface area contributed by atoms with Gasteiger partial charge in [0.25, 0.3) is 11.8 Å². The molecule has 3 rings (SSSR count). The maximum Gasteiger partial charge on any atom is 0.273 e. The lowest BCUT2D eigenvalue weighted by molar-refractivity contribution is 0.0844. The maximum absolute atomic E-state index is 12.2. The molecule has 24 heavy (non-hydrogen) atoms. The number of carbonyl (C=O) groups is 2. The number of ether oxygens (including phenoxy) is 3. The number of hydrogen-bond acceptors (Lipinski definition) is 5. The monoisotopic (exact) mass is 328 g/mol. The van der Waals surface area contributed by atoms with Crippen LogP contribution in [0.4, 0.5) is 0 Å². The smallest absolute Gasteiger partial charge is 0.273 e. The molecule has 2 aromatic carbocycles. The molecule has 2 N–H and O–H groups in total. The first-order valence-electron chi connectivity index (χ1n) is 7.41. The average molecular weight is 328 g/mol. The lowest BCUT2D eigenvalue weighted by Crippen LogP contribution is -2.41. The number of carbonyl (C=O) groups excluding carboxylic acids is 2. The molecular formula is C17H16N2O5. The molecule has 7 heteroatoms. The van der Waals surface area contributed by atoms with Crippen molar-refractivity contribution in [2.45, 2.75) is 6.92 Å². The lowest BCUT2D eigenvalue weighted by Gasteiger charge is -2.11. The lowest BCUT2D eigenvalue weighted by atomic mass is 10.2. The fourth-order valence-electron chi connectivity index (χ4n) is 2.23. The van der Waals surface area contributed by atoms with E-state index >= 15 is 0 Å². The van der Waals surface area contributed by atoms with Gasteiger partial charge in [0.05, 0.1) is 12.2 Å². The quantitative estimate of drug-likeness (QED) is 0.837. The van der Waals surface area contributed by atoms with Crippen molar-refractivity contribution in [3.8, 4) is 17.2 Å². The summed E-state index contributed by atoms with van der Waals surface area (Å²) in [5.74, 6) is 0.607. The molecule has 0 radical (unpaired) electrons. The van der Waals surface area contributed by atoms with Gasteiger partial charge in [0, 0.05) is 5.56 Å². The fraction of sp³-hybridized carbons (Fsp3) is 0.176. The van der Waals surface area contributed by atoms with Crippen LogP contribution >= 0.6 is 0 Å². The molecular weight excluding hydrogens is 312 g/mol. The zero-order valence-corrected chi connectivity index (χ0v) is 13.0. The first-order valence-corrected chi connectivity index (χ1v) is 7.41. The number of para-hydroxylation sites is 1. The van der Waals surface area contributed by atoms with Crippen LogP contribution in [-0.2, 0) is 0 Å². The Balaban J connectivity index is 1.65. The standard InChI is InChI=1S/C17H16N2O5/c1-2-22-13-6-4-3-5-12(13)17(21)19-18-16(20)11-7-8-14-15(9-11)24-10-23-14/h3-9H,2,10H2,1H3,(H,18,20)(H,19,21). The molecule has 0 atom stereocenters. The molecule has 0 spiro atoms. The van der Waals surface area contributed by atoms with Gasteiger partial charge in [-0.25, -0.2) is 0 Å². The van der Waals surface area contributed by atoms with E-state index in [-0.39, 0.29) is 6.79 Å². The first-order chi connectivity index (χ1) is 11.7. The van der Waals surface area contributed by atoms with Gasteiger partial charge < -0.3 is 14.2 Å². The zero-order chi connectivity index (χ0) is 16.9. The second kappa shape index (κ2) is 6.91. The highest BCUT2D eigenvalue weighted by molar-refractivity contribution is 6.00. The fourth-order valence-corrected chi connectivity index (χ4v) is 2.23. The van der Waals surface area contributed by atoms with E-state index in [2.05, 4.69) is 10.9 Å². The van der Waals surface area contributed by atoms with E-state index in [1.54, 1.807) is 42.5 Å². The third-order valence-corrected chi connectivity index (χ3v) is 3.36. The van der Waals surface area contributed by atoms with E-state index in [4.69, 9.17) is 14.2 Å². The van der Waals surface area contributed by atoms with Crippen LogP contribution < -0.4 is 25.1 Å². The van der Waals surface area contributed by atoms with Gasteiger partial charge in [0.1, 0.15) is 5.75 Å². The SMILES string of the molecule is CCOc1ccccc1C(=O)NNC(=O)c1ccc2c(c1)OCO2. The molecule has 124 valence electrons. The number of amides is 2. The van der Waals surface area contributed by atoms with Gasteiger partial charge in [-0.05, 0) is 37.3 Å². The van der Waals surface area contributed by atoms with E-state index in [1.807, 2.05) is 6.92 Å². The van der Waals surface area contributed by atoms with Gasteiger partial charge in [0.15, 0.2) is 11.5 Å². The van der Waals surface area contributed by atoms with Crippen molar-refractivity contribution < 1.29 is 23.8 Å². The molecule has 0 aromatic heterocycles. The minimum atomic E-state index is -0.465. The molecule has 1 aliphatic rings. The molecule has 0 bridgehead atoms. The number of nitrogens with one attached hydrogen (secondary N) is 2. The third-order valence-electron chi connectivity index (χ3n) is 3.36. The Hall–Kier alpha value is -3.22. The van der Waals surface area contributed by atoms with Crippen molar-refractivity contribution in [2.24, 2.45) is 0 Å². The molecule has 1 aliphatic heterocycles. The minimum Gasteiger partial charge on any atom is -0.493 e. The normalized spacial score (nSPS) is 11.7. The molecule has 0 saturated carbocycles.